The Balaban J connectivity index is 1.52. The summed E-state index contributed by atoms with van der Waals surface area (Å²) in [6.45, 7) is 1.97. The van der Waals surface area contributed by atoms with Crippen LogP contribution in [-0.4, -0.2) is 42.4 Å². The van der Waals surface area contributed by atoms with Crippen molar-refractivity contribution in [3.05, 3.63) is 82.6 Å². The predicted octanol–water partition coefficient (Wildman–Crippen LogP) is 5.33. The maximum Gasteiger partial charge on any atom is 0.407 e. The third-order valence-electron chi connectivity index (χ3n) is 5.36. The van der Waals surface area contributed by atoms with Gasteiger partial charge in [-0.25, -0.2) is 4.79 Å². The number of hydrogen-bond donors (Lipinski definition) is 2. The highest BCUT2D eigenvalue weighted by Gasteiger charge is 2.30. The average molecular weight is 516 g/mol. The maximum atomic E-state index is 12.9. The summed E-state index contributed by atoms with van der Waals surface area (Å²) < 4.78 is 23.1. The van der Waals surface area contributed by atoms with Crippen molar-refractivity contribution in [3.63, 3.8) is 0 Å². The van der Waals surface area contributed by atoms with Crippen LogP contribution >= 0.6 is 18.7 Å². The molecule has 2 atom stereocenters. The molecule has 0 fully saturated rings. The number of amides is 1. The molecule has 2 aromatic carbocycles. The second-order valence-electron chi connectivity index (χ2n) is 8.10. The predicted molar refractivity (Wildman–Crippen MR) is 138 cm³/mol. The Hall–Kier alpha value is -2.93. The van der Waals surface area contributed by atoms with E-state index in [1.54, 1.807) is 18.3 Å². The minimum absolute atomic E-state index is 0.0354. The molecule has 0 bridgehead atoms. The van der Waals surface area contributed by atoms with Crippen LogP contribution in [0.15, 0.2) is 71.4 Å². The third kappa shape index (κ3) is 8.98. The van der Waals surface area contributed by atoms with E-state index in [4.69, 9.17) is 9.47 Å². The first-order valence-corrected chi connectivity index (χ1v) is 14.4. The second-order valence-corrected chi connectivity index (χ2v) is 11.4. The first-order chi connectivity index (χ1) is 16.9. The van der Waals surface area contributed by atoms with E-state index in [9.17, 15) is 19.0 Å². The molecule has 186 valence electrons. The van der Waals surface area contributed by atoms with Gasteiger partial charge in [-0.1, -0.05) is 54.6 Å². The van der Waals surface area contributed by atoms with Gasteiger partial charge in [0.2, 0.25) is 7.37 Å². The Kier molecular flexibility index (Phi) is 10.1. The SMILES string of the molecule is CCOC(=O)C(Cc1ccc(-c2ccsc2)cc1)CP(=O)(O)CCNC(=O)OCc1ccccc1. The molecule has 3 aromatic rings. The van der Waals surface area contributed by atoms with Crippen molar-refractivity contribution >= 4 is 30.8 Å². The summed E-state index contributed by atoms with van der Waals surface area (Å²) in [5, 5.41) is 6.57. The summed E-state index contributed by atoms with van der Waals surface area (Å²) in [4.78, 5) is 35.0. The lowest BCUT2D eigenvalue weighted by molar-refractivity contribution is -0.147. The molecule has 7 nitrogen and oxygen atoms in total. The minimum atomic E-state index is -3.72. The number of rotatable bonds is 12. The number of alkyl carbamates (subject to hydrolysis) is 1. The van der Waals surface area contributed by atoms with Gasteiger partial charge in [0.1, 0.15) is 6.61 Å². The van der Waals surface area contributed by atoms with Gasteiger partial charge in [-0.05, 0) is 52.4 Å². The van der Waals surface area contributed by atoms with Gasteiger partial charge in [-0.3, -0.25) is 9.36 Å². The summed E-state index contributed by atoms with van der Waals surface area (Å²) in [5.74, 6) is -1.26. The lowest BCUT2D eigenvalue weighted by Crippen LogP contribution is -2.29. The maximum absolute atomic E-state index is 12.9. The van der Waals surface area contributed by atoms with Crippen LogP contribution in [-0.2, 0) is 31.9 Å². The monoisotopic (exact) mass is 515 g/mol. The smallest absolute Gasteiger partial charge is 0.407 e. The molecule has 0 radical (unpaired) electrons. The quantitative estimate of drug-likeness (QED) is 0.250. The Morgan fingerprint density at radius 2 is 1.74 bits per heavy atom. The van der Waals surface area contributed by atoms with Gasteiger partial charge in [0.15, 0.2) is 0 Å². The number of esters is 1. The topological polar surface area (TPSA) is 102 Å². The molecule has 1 heterocycles. The number of carbonyl (C=O) groups is 2. The zero-order chi connectivity index (χ0) is 25.1. The van der Waals surface area contributed by atoms with Gasteiger partial charge < -0.3 is 19.7 Å². The van der Waals surface area contributed by atoms with E-state index in [0.29, 0.717) is 6.42 Å². The highest BCUT2D eigenvalue weighted by atomic mass is 32.1. The molecular formula is C26H30NO6PS. The highest BCUT2D eigenvalue weighted by molar-refractivity contribution is 7.58. The van der Waals surface area contributed by atoms with Crippen molar-refractivity contribution in [1.82, 2.24) is 5.32 Å². The summed E-state index contributed by atoms with van der Waals surface area (Å²) in [6, 6.07) is 19.1. The molecule has 9 heteroatoms. The van der Waals surface area contributed by atoms with Gasteiger partial charge in [-0.2, -0.15) is 11.3 Å². The number of ether oxygens (including phenoxy) is 2. The van der Waals surface area contributed by atoms with Gasteiger partial charge >= 0.3 is 12.1 Å². The summed E-state index contributed by atoms with van der Waals surface area (Å²) in [7, 11) is -3.72. The fourth-order valence-electron chi connectivity index (χ4n) is 3.57. The van der Waals surface area contributed by atoms with Gasteiger partial charge in [0.25, 0.3) is 0 Å². The van der Waals surface area contributed by atoms with Crippen LogP contribution in [0.3, 0.4) is 0 Å². The lowest BCUT2D eigenvalue weighted by atomic mass is 9.99. The molecule has 3 rings (SSSR count). The first-order valence-electron chi connectivity index (χ1n) is 11.4. The molecule has 0 saturated heterocycles. The Labute approximate surface area is 209 Å². The van der Waals surface area contributed by atoms with Crippen molar-refractivity contribution in [2.45, 2.75) is 20.0 Å². The van der Waals surface area contributed by atoms with Crippen LogP contribution in [0.5, 0.6) is 0 Å². The zero-order valence-corrected chi connectivity index (χ0v) is 21.3. The minimum Gasteiger partial charge on any atom is -0.466 e. The van der Waals surface area contributed by atoms with E-state index in [1.807, 2.05) is 66.0 Å². The number of thiophene rings is 1. The molecule has 0 aliphatic carbocycles. The summed E-state index contributed by atoms with van der Waals surface area (Å²) >= 11 is 1.62. The third-order valence-corrected chi connectivity index (χ3v) is 7.98. The van der Waals surface area contributed by atoms with E-state index in [1.165, 1.54) is 0 Å². The molecule has 1 amide bonds. The van der Waals surface area contributed by atoms with E-state index in [0.717, 1.165) is 22.3 Å². The Morgan fingerprint density at radius 3 is 2.40 bits per heavy atom. The fourth-order valence-corrected chi connectivity index (χ4v) is 5.85. The molecule has 0 aliphatic rings. The fraction of sp³-hybridized carbons (Fsp3) is 0.308. The summed E-state index contributed by atoms with van der Waals surface area (Å²) in [5.41, 5.74) is 3.92. The van der Waals surface area contributed by atoms with Crippen molar-refractivity contribution < 1.29 is 28.5 Å². The van der Waals surface area contributed by atoms with E-state index >= 15 is 0 Å². The van der Waals surface area contributed by atoms with E-state index in [2.05, 4.69) is 10.7 Å². The van der Waals surface area contributed by atoms with Crippen LogP contribution in [0.2, 0.25) is 0 Å². The number of benzene rings is 2. The van der Waals surface area contributed by atoms with Crippen LogP contribution in [0, 0.1) is 5.92 Å². The van der Waals surface area contributed by atoms with Crippen molar-refractivity contribution in [2.24, 2.45) is 5.92 Å². The Bertz CT molecular complexity index is 1120. The highest BCUT2D eigenvalue weighted by Crippen LogP contribution is 2.42. The normalized spacial score (nSPS) is 13.4. The van der Waals surface area contributed by atoms with Crippen molar-refractivity contribution in [1.29, 1.82) is 0 Å². The zero-order valence-electron chi connectivity index (χ0n) is 19.6. The van der Waals surface area contributed by atoms with Crippen LogP contribution in [0.25, 0.3) is 11.1 Å². The van der Waals surface area contributed by atoms with Gasteiger partial charge in [0.05, 0.1) is 12.5 Å². The molecule has 0 saturated carbocycles. The van der Waals surface area contributed by atoms with E-state index < -0.39 is 25.3 Å². The molecule has 35 heavy (non-hydrogen) atoms. The molecule has 2 unspecified atom stereocenters. The first kappa shape index (κ1) is 26.7. The number of nitrogens with one attached hydrogen (secondary N) is 1. The van der Waals surface area contributed by atoms with Crippen LogP contribution in [0.4, 0.5) is 4.79 Å². The lowest BCUT2D eigenvalue weighted by Gasteiger charge is -2.20. The Morgan fingerprint density at radius 1 is 1.00 bits per heavy atom. The van der Waals surface area contributed by atoms with Crippen LogP contribution in [0.1, 0.15) is 18.1 Å². The largest absolute Gasteiger partial charge is 0.466 e. The molecule has 1 aromatic heterocycles. The number of hydrogen-bond acceptors (Lipinski definition) is 6. The van der Waals surface area contributed by atoms with E-state index in [-0.39, 0.29) is 32.1 Å². The van der Waals surface area contributed by atoms with Crippen LogP contribution < -0.4 is 5.32 Å². The standard InChI is InChI=1S/C26H30NO6PS/c1-2-32-25(28)24(16-20-8-10-22(11-9-20)23-12-15-35-19-23)18-34(30,31)14-13-27-26(29)33-17-21-6-4-3-5-7-21/h3-12,15,19,24H,2,13-14,16-18H2,1H3,(H,27,29)(H,30,31). The molecule has 0 spiro atoms. The number of carbonyl (C=O) groups excluding carboxylic acids is 2. The van der Waals surface area contributed by atoms with Gasteiger partial charge in [-0.15, -0.1) is 0 Å². The molecule has 2 N–H and O–H groups in total. The van der Waals surface area contributed by atoms with Crippen molar-refractivity contribution in [2.75, 3.05) is 25.5 Å². The second kappa shape index (κ2) is 13.2. The summed E-state index contributed by atoms with van der Waals surface area (Å²) in [6.07, 6.45) is -0.763. The molecule has 0 aliphatic heterocycles. The van der Waals surface area contributed by atoms with Crippen molar-refractivity contribution in [3.8, 4) is 11.1 Å². The molecular weight excluding hydrogens is 485 g/mol. The average Bonchev–Trinajstić information content (AvgIpc) is 3.38. The van der Waals surface area contributed by atoms with Gasteiger partial charge in [0, 0.05) is 18.9 Å².